The Morgan fingerprint density at radius 2 is 1.27 bits per heavy atom. The first-order valence-electron chi connectivity index (χ1n) is 15.9. The number of amides is 1. The number of rotatable bonds is 10. The predicted molar refractivity (Wildman–Crippen MR) is 188 cm³/mol. The molecule has 0 spiro atoms. The number of fused-ring (bicyclic) bond motifs is 1. The van der Waals surface area contributed by atoms with Gasteiger partial charge in [-0.25, -0.2) is 24.5 Å². The Balaban J connectivity index is 1.25. The summed E-state index contributed by atoms with van der Waals surface area (Å²) in [5.41, 5.74) is 2.00. The Labute approximate surface area is 295 Å². The van der Waals surface area contributed by atoms with Gasteiger partial charge < -0.3 is 19.5 Å². The first-order chi connectivity index (χ1) is 25.0. The summed E-state index contributed by atoms with van der Waals surface area (Å²) < 4.78 is 20.0. The second-order valence-corrected chi connectivity index (χ2v) is 12.5. The van der Waals surface area contributed by atoms with Gasteiger partial charge in [-0.15, -0.1) is 0 Å². The molecule has 1 N–H and O–H groups in total. The summed E-state index contributed by atoms with van der Waals surface area (Å²) in [4.78, 5) is 66.4. The molecule has 254 valence electrons. The third-order valence-electron chi connectivity index (χ3n) is 8.08. The SMILES string of the molecule is O=C(Nc1ncnc2c1ncn2[C@@H]1O[C@@H](COC(=O)c2ccccc2)[C@@H](SC(=O)c2ccccc2)[C@@H]1OC(=O)c1ccccc1)c1ccccc1. The fraction of sp³-hybridized carbons (Fsp3) is 0.132. The van der Waals surface area contributed by atoms with Crippen molar-refractivity contribution in [3.63, 3.8) is 0 Å². The summed E-state index contributed by atoms with van der Waals surface area (Å²) in [6.45, 7) is -0.261. The molecule has 13 heteroatoms. The van der Waals surface area contributed by atoms with Crippen LogP contribution in [0.5, 0.6) is 0 Å². The van der Waals surface area contributed by atoms with Crippen molar-refractivity contribution >= 4 is 51.7 Å². The summed E-state index contributed by atoms with van der Waals surface area (Å²) in [7, 11) is 0. The standard InChI is InChI=1S/C38H29N5O7S/c44-34(24-13-5-1-6-14-24)42-32-29-33(40-22-39-32)43(23-41-29)35-30(50-37(46)26-17-9-3-10-18-26)31(51-38(47)27-19-11-4-12-20-27)28(49-35)21-48-36(45)25-15-7-2-8-16-25/h1-20,22-23,28,30-31,35H,21H2,(H,39,40,42,44)/t28-,30-,31+,35+/m0/s1. The Kier molecular flexibility index (Phi) is 9.90. The van der Waals surface area contributed by atoms with E-state index in [0.717, 1.165) is 11.8 Å². The van der Waals surface area contributed by atoms with Gasteiger partial charge in [-0.1, -0.05) is 96.7 Å². The maximum absolute atomic E-state index is 13.7. The molecule has 51 heavy (non-hydrogen) atoms. The summed E-state index contributed by atoms with van der Waals surface area (Å²) in [5, 5.41) is 1.63. The van der Waals surface area contributed by atoms with Gasteiger partial charge in [0.2, 0.25) is 5.12 Å². The average molecular weight is 700 g/mol. The molecule has 7 rings (SSSR count). The lowest BCUT2D eigenvalue weighted by Crippen LogP contribution is -2.36. The van der Waals surface area contributed by atoms with Crippen molar-refractivity contribution in [1.29, 1.82) is 0 Å². The first kappa shape index (κ1) is 33.3. The van der Waals surface area contributed by atoms with E-state index in [4.69, 9.17) is 14.2 Å². The molecule has 1 aliphatic heterocycles. The minimum absolute atomic E-state index is 0.155. The van der Waals surface area contributed by atoms with Crippen molar-refractivity contribution in [2.75, 3.05) is 11.9 Å². The molecule has 0 radical (unpaired) electrons. The Morgan fingerprint density at radius 1 is 0.706 bits per heavy atom. The Hall–Kier alpha value is -6.18. The van der Waals surface area contributed by atoms with E-state index in [1.807, 2.05) is 0 Å². The minimum Gasteiger partial charge on any atom is -0.459 e. The maximum atomic E-state index is 13.7. The van der Waals surface area contributed by atoms with Crippen molar-refractivity contribution in [2.24, 2.45) is 0 Å². The smallest absolute Gasteiger partial charge is 0.338 e. The Bertz CT molecular complexity index is 2170. The summed E-state index contributed by atoms with van der Waals surface area (Å²) in [6, 6.07) is 34.2. The molecule has 4 atom stereocenters. The lowest BCUT2D eigenvalue weighted by Gasteiger charge is -2.24. The van der Waals surface area contributed by atoms with Crippen LogP contribution in [0.15, 0.2) is 134 Å². The van der Waals surface area contributed by atoms with Gasteiger partial charge in [0.05, 0.1) is 22.7 Å². The number of thioether (sulfide) groups is 1. The number of ether oxygens (including phenoxy) is 3. The van der Waals surface area contributed by atoms with Gasteiger partial charge in [0.15, 0.2) is 29.3 Å². The van der Waals surface area contributed by atoms with Crippen LogP contribution in [0.25, 0.3) is 11.2 Å². The highest BCUT2D eigenvalue weighted by Crippen LogP contribution is 2.42. The van der Waals surface area contributed by atoms with E-state index in [0.29, 0.717) is 16.7 Å². The van der Waals surface area contributed by atoms with Crippen LogP contribution in [0.3, 0.4) is 0 Å². The summed E-state index contributed by atoms with van der Waals surface area (Å²) in [5.74, 6) is -1.47. The number of benzene rings is 4. The van der Waals surface area contributed by atoms with Crippen molar-refractivity contribution in [3.8, 4) is 0 Å². The number of nitrogens with zero attached hydrogens (tertiary/aromatic N) is 4. The third kappa shape index (κ3) is 7.39. The molecule has 12 nitrogen and oxygen atoms in total. The highest BCUT2D eigenvalue weighted by Gasteiger charge is 2.50. The van der Waals surface area contributed by atoms with Crippen molar-refractivity contribution < 1.29 is 33.4 Å². The molecular formula is C38H29N5O7S. The molecule has 1 fully saturated rings. The topological polar surface area (TPSA) is 152 Å². The van der Waals surface area contributed by atoms with E-state index >= 15 is 0 Å². The van der Waals surface area contributed by atoms with E-state index < -0.39 is 41.5 Å². The monoisotopic (exact) mass is 699 g/mol. The number of nitrogens with one attached hydrogen (secondary N) is 1. The lowest BCUT2D eigenvalue weighted by molar-refractivity contribution is -0.0594. The first-order valence-corrected chi connectivity index (χ1v) is 16.8. The van der Waals surface area contributed by atoms with Crippen LogP contribution < -0.4 is 5.32 Å². The quantitative estimate of drug-likeness (QED) is 0.168. The molecule has 1 aliphatic rings. The second kappa shape index (κ2) is 15.2. The highest BCUT2D eigenvalue weighted by atomic mass is 32.2. The van der Waals surface area contributed by atoms with Gasteiger partial charge in [0.1, 0.15) is 19.0 Å². The van der Waals surface area contributed by atoms with Gasteiger partial charge in [-0.05, 0) is 36.4 Å². The molecule has 3 heterocycles. The molecule has 1 saturated heterocycles. The van der Waals surface area contributed by atoms with Crippen molar-refractivity contribution in [3.05, 3.63) is 156 Å². The molecule has 0 saturated carbocycles. The van der Waals surface area contributed by atoms with E-state index in [9.17, 15) is 19.2 Å². The summed E-state index contributed by atoms with van der Waals surface area (Å²) >= 11 is 0.921. The van der Waals surface area contributed by atoms with Crippen LogP contribution in [-0.2, 0) is 14.2 Å². The zero-order chi connectivity index (χ0) is 35.2. The van der Waals surface area contributed by atoms with Gasteiger partial charge in [0, 0.05) is 11.1 Å². The molecule has 0 aliphatic carbocycles. The van der Waals surface area contributed by atoms with Crippen LogP contribution in [0.4, 0.5) is 5.82 Å². The molecule has 6 aromatic rings. The van der Waals surface area contributed by atoms with Gasteiger partial charge in [-0.3, -0.25) is 14.2 Å². The average Bonchev–Trinajstić information content (AvgIpc) is 3.76. The predicted octanol–water partition coefficient (Wildman–Crippen LogP) is 6.00. The normalized spacial score (nSPS) is 18.2. The van der Waals surface area contributed by atoms with E-state index in [-0.39, 0.29) is 34.3 Å². The number of carbonyl (C=O) groups excluding carboxylic acids is 4. The number of anilines is 1. The number of hydrogen-bond acceptors (Lipinski definition) is 11. The zero-order valence-electron chi connectivity index (χ0n) is 26.8. The van der Waals surface area contributed by atoms with Crippen LogP contribution in [0.1, 0.15) is 47.7 Å². The Morgan fingerprint density at radius 3 is 1.90 bits per heavy atom. The van der Waals surface area contributed by atoms with Gasteiger partial charge in [0.25, 0.3) is 5.91 Å². The molecule has 2 aromatic heterocycles. The molecular weight excluding hydrogens is 671 g/mol. The van der Waals surface area contributed by atoms with Crippen LogP contribution in [0.2, 0.25) is 0 Å². The van der Waals surface area contributed by atoms with Crippen LogP contribution in [-0.4, -0.2) is 66.5 Å². The molecule has 0 unspecified atom stereocenters. The fourth-order valence-corrected chi connectivity index (χ4v) is 6.72. The second-order valence-electron chi connectivity index (χ2n) is 11.4. The van der Waals surface area contributed by atoms with Crippen LogP contribution in [0, 0.1) is 0 Å². The minimum atomic E-state index is -1.11. The van der Waals surface area contributed by atoms with E-state index in [1.165, 1.54) is 12.7 Å². The molecule has 4 aromatic carbocycles. The third-order valence-corrected chi connectivity index (χ3v) is 9.37. The van der Waals surface area contributed by atoms with E-state index in [2.05, 4.69) is 20.3 Å². The molecule has 0 bridgehead atoms. The lowest BCUT2D eigenvalue weighted by atomic mass is 10.1. The number of imidazole rings is 1. The number of aromatic nitrogens is 4. The van der Waals surface area contributed by atoms with Crippen molar-refractivity contribution in [2.45, 2.75) is 23.7 Å². The molecule has 1 amide bonds. The fourth-order valence-electron chi connectivity index (χ4n) is 5.58. The van der Waals surface area contributed by atoms with E-state index in [1.54, 1.807) is 126 Å². The van der Waals surface area contributed by atoms with Gasteiger partial charge >= 0.3 is 11.9 Å². The van der Waals surface area contributed by atoms with Gasteiger partial charge in [-0.2, -0.15) is 0 Å². The largest absolute Gasteiger partial charge is 0.459 e. The summed E-state index contributed by atoms with van der Waals surface area (Å²) in [6.07, 6.45) is -0.414. The number of esters is 2. The number of hydrogen-bond donors (Lipinski definition) is 1. The highest BCUT2D eigenvalue weighted by molar-refractivity contribution is 8.14. The van der Waals surface area contributed by atoms with Crippen molar-refractivity contribution in [1.82, 2.24) is 19.5 Å². The maximum Gasteiger partial charge on any atom is 0.338 e. The number of carbonyl (C=O) groups is 4. The van der Waals surface area contributed by atoms with Crippen LogP contribution >= 0.6 is 11.8 Å². The zero-order valence-corrected chi connectivity index (χ0v) is 27.6.